The fraction of sp³-hybridized carbons (Fsp3) is 0.385. The van der Waals surface area contributed by atoms with Gasteiger partial charge in [0.2, 0.25) is 0 Å². The summed E-state index contributed by atoms with van der Waals surface area (Å²) >= 11 is 0. The van der Waals surface area contributed by atoms with Gasteiger partial charge in [0, 0.05) is 18.7 Å². The largest absolute Gasteiger partial charge is 0.399 e. The highest BCUT2D eigenvalue weighted by Gasteiger charge is 2.22. The van der Waals surface area contributed by atoms with E-state index in [0.29, 0.717) is 23.0 Å². The van der Waals surface area contributed by atoms with Gasteiger partial charge in [-0.15, -0.1) is 10.2 Å². The molecule has 94 valence electrons. The van der Waals surface area contributed by atoms with E-state index in [1.165, 1.54) is 6.07 Å². The van der Waals surface area contributed by atoms with E-state index in [-0.39, 0.29) is 5.82 Å². The molecule has 1 aromatic carbocycles. The van der Waals surface area contributed by atoms with Crippen LogP contribution in [0.1, 0.15) is 19.2 Å². The number of aromatic nitrogens is 3. The van der Waals surface area contributed by atoms with Crippen molar-refractivity contribution in [3.05, 3.63) is 29.8 Å². The van der Waals surface area contributed by atoms with E-state index >= 15 is 0 Å². The van der Waals surface area contributed by atoms with Gasteiger partial charge in [-0.05, 0) is 30.5 Å². The number of halogens is 1. The highest BCUT2D eigenvalue weighted by molar-refractivity contribution is 5.60. The van der Waals surface area contributed by atoms with Crippen LogP contribution in [0.15, 0.2) is 18.2 Å². The molecule has 3 rings (SSSR count). The molecule has 1 aliphatic rings. The van der Waals surface area contributed by atoms with E-state index in [2.05, 4.69) is 17.1 Å². The first kappa shape index (κ1) is 11.2. The Labute approximate surface area is 105 Å². The van der Waals surface area contributed by atoms with Crippen LogP contribution in [0.4, 0.5) is 10.1 Å². The van der Waals surface area contributed by atoms with Gasteiger partial charge in [0.25, 0.3) is 0 Å². The minimum atomic E-state index is -0.344. The van der Waals surface area contributed by atoms with E-state index in [1.54, 1.807) is 12.1 Å². The molecule has 0 aliphatic carbocycles. The Morgan fingerprint density at radius 1 is 1.39 bits per heavy atom. The molecule has 1 aromatic heterocycles. The van der Waals surface area contributed by atoms with E-state index in [4.69, 9.17) is 5.73 Å². The van der Waals surface area contributed by atoms with Crippen LogP contribution in [0.2, 0.25) is 0 Å². The third-order valence-corrected chi connectivity index (χ3v) is 3.44. The second-order valence-electron chi connectivity index (χ2n) is 4.93. The zero-order valence-electron chi connectivity index (χ0n) is 10.2. The van der Waals surface area contributed by atoms with Crippen molar-refractivity contribution in [1.82, 2.24) is 14.8 Å². The van der Waals surface area contributed by atoms with Crippen LogP contribution in [-0.4, -0.2) is 14.8 Å². The highest BCUT2D eigenvalue weighted by Crippen LogP contribution is 2.27. The molecule has 1 unspecified atom stereocenters. The lowest BCUT2D eigenvalue weighted by Crippen LogP contribution is -2.18. The molecular formula is C13H15FN4. The molecule has 4 nitrogen and oxygen atoms in total. The van der Waals surface area contributed by atoms with Gasteiger partial charge in [-0.3, -0.25) is 0 Å². The normalized spacial score (nSPS) is 18.7. The minimum Gasteiger partial charge on any atom is -0.399 e. The van der Waals surface area contributed by atoms with Gasteiger partial charge in [-0.1, -0.05) is 6.92 Å². The molecule has 0 saturated carbocycles. The predicted molar refractivity (Wildman–Crippen MR) is 67.3 cm³/mol. The molecular weight excluding hydrogens is 231 g/mol. The summed E-state index contributed by atoms with van der Waals surface area (Å²) in [7, 11) is 0. The summed E-state index contributed by atoms with van der Waals surface area (Å²) in [5.41, 5.74) is 6.44. The average molecular weight is 246 g/mol. The summed E-state index contributed by atoms with van der Waals surface area (Å²) in [5.74, 6) is 1.82. The van der Waals surface area contributed by atoms with Crippen LogP contribution in [0.3, 0.4) is 0 Å². The number of nitrogens with zero attached hydrogens (tertiary/aromatic N) is 3. The standard InChI is InChI=1S/C13H15FN4/c1-8-4-5-18-12(6-8)16-17-13(18)10-3-2-9(15)7-11(10)14/h2-3,7-8H,4-6,15H2,1H3. The topological polar surface area (TPSA) is 56.7 Å². The summed E-state index contributed by atoms with van der Waals surface area (Å²) in [6.07, 6.45) is 1.98. The predicted octanol–water partition coefficient (Wildman–Crippen LogP) is 2.25. The molecule has 1 aliphatic heterocycles. The van der Waals surface area contributed by atoms with Crippen LogP contribution in [-0.2, 0) is 13.0 Å². The van der Waals surface area contributed by atoms with Crippen molar-refractivity contribution >= 4 is 5.69 Å². The van der Waals surface area contributed by atoms with Crippen molar-refractivity contribution in [2.45, 2.75) is 26.3 Å². The number of nitrogen functional groups attached to an aromatic ring is 1. The van der Waals surface area contributed by atoms with Crippen molar-refractivity contribution in [3.8, 4) is 11.4 Å². The molecule has 0 radical (unpaired) electrons. The average Bonchev–Trinajstić information content (AvgIpc) is 2.72. The van der Waals surface area contributed by atoms with Crippen molar-refractivity contribution in [1.29, 1.82) is 0 Å². The number of rotatable bonds is 1. The van der Waals surface area contributed by atoms with Crippen LogP contribution < -0.4 is 5.73 Å². The molecule has 1 atom stereocenters. The van der Waals surface area contributed by atoms with Crippen molar-refractivity contribution in [3.63, 3.8) is 0 Å². The van der Waals surface area contributed by atoms with Crippen molar-refractivity contribution < 1.29 is 4.39 Å². The van der Waals surface area contributed by atoms with Gasteiger partial charge in [0.15, 0.2) is 5.82 Å². The first-order chi connectivity index (χ1) is 8.65. The maximum absolute atomic E-state index is 13.9. The second kappa shape index (κ2) is 4.08. The number of anilines is 1. The first-order valence-electron chi connectivity index (χ1n) is 6.12. The Morgan fingerprint density at radius 3 is 3.00 bits per heavy atom. The van der Waals surface area contributed by atoms with Crippen LogP contribution >= 0.6 is 0 Å². The Balaban J connectivity index is 2.08. The van der Waals surface area contributed by atoms with Gasteiger partial charge >= 0.3 is 0 Å². The van der Waals surface area contributed by atoms with Crippen LogP contribution in [0.5, 0.6) is 0 Å². The number of nitrogens with two attached hydrogens (primary N) is 1. The van der Waals surface area contributed by atoms with E-state index in [1.807, 2.05) is 4.57 Å². The Bertz CT molecular complexity index is 591. The van der Waals surface area contributed by atoms with Crippen molar-refractivity contribution in [2.75, 3.05) is 5.73 Å². The molecule has 18 heavy (non-hydrogen) atoms. The molecule has 0 bridgehead atoms. The summed E-state index contributed by atoms with van der Waals surface area (Å²) < 4.78 is 15.9. The number of hydrogen-bond donors (Lipinski definition) is 1. The Kier molecular flexibility index (Phi) is 2.54. The summed E-state index contributed by atoms with van der Waals surface area (Å²) in [6.45, 7) is 3.05. The molecule has 2 heterocycles. The molecule has 0 spiro atoms. The maximum Gasteiger partial charge on any atom is 0.166 e. The van der Waals surface area contributed by atoms with Gasteiger partial charge in [-0.2, -0.15) is 0 Å². The van der Waals surface area contributed by atoms with Crippen LogP contribution in [0.25, 0.3) is 11.4 Å². The summed E-state index contributed by atoms with van der Waals surface area (Å²) in [6, 6.07) is 4.67. The zero-order chi connectivity index (χ0) is 12.7. The van der Waals surface area contributed by atoms with Gasteiger partial charge < -0.3 is 10.3 Å². The molecule has 2 N–H and O–H groups in total. The fourth-order valence-corrected chi connectivity index (χ4v) is 2.40. The minimum absolute atomic E-state index is 0.344. The smallest absolute Gasteiger partial charge is 0.166 e. The quantitative estimate of drug-likeness (QED) is 0.785. The molecule has 5 heteroatoms. The molecule has 0 saturated heterocycles. The van der Waals surface area contributed by atoms with Gasteiger partial charge in [-0.25, -0.2) is 4.39 Å². The summed E-state index contributed by atoms with van der Waals surface area (Å²) in [4.78, 5) is 0. The third kappa shape index (κ3) is 1.75. The maximum atomic E-state index is 13.9. The summed E-state index contributed by atoms with van der Waals surface area (Å²) in [5, 5.41) is 8.29. The number of hydrogen-bond acceptors (Lipinski definition) is 3. The SMILES string of the molecule is CC1CCn2c(nnc2-c2ccc(N)cc2F)C1. The lowest BCUT2D eigenvalue weighted by Gasteiger charge is -2.20. The van der Waals surface area contributed by atoms with E-state index in [9.17, 15) is 4.39 Å². The fourth-order valence-electron chi connectivity index (χ4n) is 2.40. The Morgan fingerprint density at radius 2 is 2.22 bits per heavy atom. The van der Waals surface area contributed by atoms with E-state index in [0.717, 1.165) is 25.2 Å². The lowest BCUT2D eigenvalue weighted by atomic mass is 10.00. The molecule has 0 amide bonds. The monoisotopic (exact) mass is 246 g/mol. The zero-order valence-corrected chi connectivity index (χ0v) is 10.2. The van der Waals surface area contributed by atoms with Gasteiger partial charge in [0.05, 0.1) is 5.56 Å². The number of fused-ring (bicyclic) bond motifs is 1. The molecule has 2 aromatic rings. The van der Waals surface area contributed by atoms with Crippen LogP contribution in [0, 0.1) is 11.7 Å². The molecule has 0 fully saturated rings. The third-order valence-electron chi connectivity index (χ3n) is 3.44. The van der Waals surface area contributed by atoms with Gasteiger partial charge in [0.1, 0.15) is 11.6 Å². The second-order valence-corrected chi connectivity index (χ2v) is 4.93. The number of benzene rings is 1. The highest BCUT2D eigenvalue weighted by atomic mass is 19.1. The lowest BCUT2D eigenvalue weighted by molar-refractivity contribution is 0.411. The van der Waals surface area contributed by atoms with Crippen molar-refractivity contribution in [2.24, 2.45) is 5.92 Å². The first-order valence-corrected chi connectivity index (χ1v) is 6.12. The Hall–Kier alpha value is -1.91. The van der Waals surface area contributed by atoms with E-state index < -0.39 is 0 Å².